The zero-order chi connectivity index (χ0) is 24.4. The number of rotatable bonds is 7. The lowest BCUT2D eigenvalue weighted by Crippen LogP contribution is -2.76. The van der Waals surface area contributed by atoms with E-state index in [2.05, 4.69) is 20.8 Å². The molecular weight excluding hydrogens is 472 g/mol. The van der Waals surface area contributed by atoms with E-state index in [1.807, 2.05) is 60.7 Å². The largest absolute Gasteiger partial charge is 0.451 e. The van der Waals surface area contributed by atoms with Crippen LogP contribution in [0, 0.1) is 0 Å². The Morgan fingerprint density at radius 3 is 2.31 bits per heavy atom. The molecule has 3 atom stereocenters. The van der Waals surface area contributed by atoms with Gasteiger partial charge in [-0.25, -0.2) is 9.48 Å². The van der Waals surface area contributed by atoms with Crippen molar-refractivity contribution in [3.63, 3.8) is 0 Å². The summed E-state index contributed by atoms with van der Waals surface area (Å²) < 4.78 is 7.07. The number of ether oxygens (including phenoxy) is 1. The zero-order valence-electron chi connectivity index (χ0n) is 18.3. The van der Waals surface area contributed by atoms with E-state index in [-0.39, 0.29) is 12.3 Å². The molecular formula is C23H20N6O5S. The van der Waals surface area contributed by atoms with Crippen LogP contribution in [-0.2, 0) is 30.5 Å². The first-order valence-corrected chi connectivity index (χ1v) is 11.8. The summed E-state index contributed by atoms with van der Waals surface area (Å²) in [5, 5.41) is 12.6. The number of Topliss-reactive ketones (excluding diaryl/α,β-unsaturated/α-hetero) is 1. The highest BCUT2D eigenvalue weighted by Gasteiger charge is 2.58. The molecule has 5 rings (SSSR count). The molecule has 3 aromatic rings. The number of β-lactam (4-membered cyclic amide) rings is 1. The van der Waals surface area contributed by atoms with Gasteiger partial charge in [-0.1, -0.05) is 60.7 Å². The van der Waals surface area contributed by atoms with Gasteiger partial charge in [-0.3, -0.25) is 14.4 Å². The molecule has 12 heteroatoms. The van der Waals surface area contributed by atoms with E-state index in [0.29, 0.717) is 0 Å². The van der Waals surface area contributed by atoms with Crippen LogP contribution in [0.15, 0.2) is 67.0 Å². The number of carbonyl (C=O) groups excluding carboxylic acids is 4. The van der Waals surface area contributed by atoms with Gasteiger partial charge in [-0.2, -0.15) is 0 Å². The summed E-state index contributed by atoms with van der Waals surface area (Å²) in [4.78, 5) is 52.4. The molecule has 0 saturated carbocycles. The van der Waals surface area contributed by atoms with Crippen LogP contribution in [-0.4, -0.2) is 71.9 Å². The van der Waals surface area contributed by atoms with Gasteiger partial charge in [0.1, 0.15) is 24.3 Å². The lowest BCUT2D eigenvalue weighted by atomic mass is 9.99. The van der Waals surface area contributed by atoms with Crippen LogP contribution in [0.25, 0.3) is 0 Å². The fourth-order valence-electron chi connectivity index (χ4n) is 4.10. The average molecular weight is 493 g/mol. The fraction of sp³-hybridized carbons (Fsp3) is 0.261. The number of benzene rings is 2. The number of esters is 1. The molecule has 2 aliphatic heterocycles. The molecule has 2 amide bonds. The molecule has 2 saturated heterocycles. The minimum Gasteiger partial charge on any atom is -0.451 e. The number of carbonyl (C=O) groups is 4. The van der Waals surface area contributed by atoms with E-state index in [1.54, 1.807) is 0 Å². The van der Waals surface area contributed by atoms with Crippen LogP contribution in [0.5, 0.6) is 0 Å². The van der Waals surface area contributed by atoms with Crippen LogP contribution in [0.3, 0.4) is 0 Å². The molecule has 178 valence electrons. The number of tetrazole rings is 1. The number of amides is 2. The molecule has 3 heterocycles. The summed E-state index contributed by atoms with van der Waals surface area (Å²) in [5.74, 6) is -2.17. The third kappa shape index (κ3) is 4.52. The number of nitrogens with zero attached hydrogens (tertiary/aromatic N) is 5. The second-order valence-electron chi connectivity index (χ2n) is 8.01. The molecule has 11 nitrogen and oxygen atoms in total. The first-order valence-electron chi connectivity index (χ1n) is 10.8. The van der Waals surface area contributed by atoms with Crippen molar-refractivity contribution < 1.29 is 23.9 Å². The van der Waals surface area contributed by atoms with Gasteiger partial charge in [-0.15, -0.1) is 16.9 Å². The lowest BCUT2D eigenvalue weighted by molar-refractivity contribution is -0.170. The van der Waals surface area contributed by atoms with E-state index < -0.39 is 47.1 Å². The van der Waals surface area contributed by atoms with Crippen molar-refractivity contribution in [1.82, 2.24) is 30.4 Å². The molecule has 35 heavy (non-hydrogen) atoms. The summed E-state index contributed by atoms with van der Waals surface area (Å²) in [6.07, 6.45) is 0.540. The van der Waals surface area contributed by atoms with Crippen molar-refractivity contribution in [2.75, 3.05) is 5.75 Å². The molecule has 0 radical (unpaired) electrons. The third-order valence-electron chi connectivity index (χ3n) is 5.73. The van der Waals surface area contributed by atoms with Gasteiger partial charge in [0.15, 0.2) is 17.9 Å². The molecule has 0 unspecified atom stereocenters. The Balaban J connectivity index is 1.31. The van der Waals surface area contributed by atoms with Gasteiger partial charge in [-0.05, 0) is 21.6 Å². The van der Waals surface area contributed by atoms with Crippen LogP contribution in [0.1, 0.15) is 17.2 Å². The molecule has 0 bridgehead atoms. The fourth-order valence-corrected chi connectivity index (χ4v) is 5.36. The molecule has 1 N–H and O–H groups in total. The molecule has 2 aromatic carbocycles. The third-order valence-corrected chi connectivity index (χ3v) is 7.03. The highest BCUT2D eigenvalue weighted by atomic mass is 32.2. The summed E-state index contributed by atoms with van der Waals surface area (Å²) in [6, 6.07) is 16.1. The SMILES string of the molecule is O=C(Cn1cnnn1)N[C@@H]1C(=O)N2[C@@H](C(=O)OC(c3ccccc3)c3ccccc3)C(=O)CS[C@@H]12. The van der Waals surface area contributed by atoms with E-state index in [0.717, 1.165) is 11.1 Å². The van der Waals surface area contributed by atoms with Crippen molar-refractivity contribution in [3.8, 4) is 0 Å². The van der Waals surface area contributed by atoms with E-state index in [4.69, 9.17) is 4.74 Å². The highest BCUT2D eigenvalue weighted by Crippen LogP contribution is 2.38. The monoisotopic (exact) mass is 492 g/mol. The second-order valence-corrected chi connectivity index (χ2v) is 9.11. The van der Waals surface area contributed by atoms with Crippen molar-refractivity contribution in [2.45, 2.75) is 30.1 Å². The number of hydrogen-bond acceptors (Lipinski definition) is 9. The van der Waals surface area contributed by atoms with Crippen LogP contribution >= 0.6 is 11.8 Å². The van der Waals surface area contributed by atoms with Crippen molar-refractivity contribution >= 4 is 35.3 Å². The molecule has 0 aliphatic carbocycles. The number of thioether (sulfide) groups is 1. The van der Waals surface area contributed by atoms with Crippen LogP contribution in [0.4, 0.5) is 0 Å². The van der Waals surface area contributed by atoms with Gasteiger partial charge in [0.2, 0.25) is 11.8 Å². The number of hydrogen-bond donors (Lipinski definition) is 1. The van der Waals surface area contributed by atoms with Crippen molar-refractivity contribution in [1.29, 1.82) is 0 Å². The Morgan fingerprint density at radius 1 is 1.06 bits per heavy atom. The van der Waals surface area contributed by atoms with E-state index in [1.165, 1.54) is 27.7 Å². The maximum Gasteiger partial charge on any atom is 0.337 e. The van der Waals surface area contributed by atoms with Gasteiger partial charge < -0.3 is 15.0 Å². The second kappa shape index (κ2) is 9.66. The Hall–Kier alpha value is -4.06. The number of aromatic nitrogens is 4. The minimum absolute atomic E-state index is 0.0227. The first kappa shape index (κ1) is 22.7. The quantitative estimate of drug-likeness (QED) is 0.281. The summed E-state index contributed by atoms with van der Waals surface area (Å²) >= 11 is 1.20. The van der Waals surface area contributed by atoms with Gasteiger partial charge in [0, 0.05) is 0 Å². The lowest BCUT2D eigenvalue weighted by Gasteiger charge is -2.51. The van der Waals surface area contributed by atoms with E-state index >= 15 is 0 Å². The Labute approximate surface area is 203 Å². The number of ketones is 1. The zero-order valence-corrected chi connectivity index (χ0v) is 19.1. The topological polar surface area (TPSA) is 136 Å². The summed E-state index contributed by atoms with van der Waals surface area (Å²) in [7, 11) is 0. The minimum atomic E-state index is -1.36. The first-order chi connectivity index (χ1) is 17.0. The maximum absolute atomic E-state index is 13.3. The highest BCUT2D eigenvalue weighted by molar-refractivity contribution is 8.00. The normalized spacial score (nSPS) is 21.3. The van der Waals surface area contributed by atoms with Crippen LogP contribution in [0.2, 0.25) is 0 Å². The van der Waals surface area contributed by atoms with Gasteiger partial charge in [0.05, 0.1) is 5.75 Å². The van der Waals surface area contributed by atoms with Crippen molar-refractivity contribution in [2.24, 2.45) is 0 Å². The average Bonchev–Trinajstić information content (AvgIpc) is 3.39. The molecule has 2 aliphatic rings. The van der Waals surface area contributed by atoms with Crippen LogP contribution < -0.4 is 5.32 Å². The molecule has 2 fully saturated rings. The Kier molecular flexibility index (Phi) is 6.27. The van der Waals surface area contributed by atoms with Gasteiger partial charge in [0.25, 0.3) is 0 Å². The Morgan fingerprint density at radius 2 is 1.71 bits per heavy atom. The standard InChI is InChI=1S/C23H20N6O5S/c30-16-12-35-22-18(25-17(31)11-28-13-24-26-27-28)21(32)29(22)19(16)23(33)34-20(14-7-3-1-4-8-14)15-9-5-2-6-10-15/h1-10,13,18-20,22H,11-12H2,(H,25,31)/t18-,19-,22+/m1/s1. The van der Waals surface area contributed by atoms with Crippen molar-refractivity contribution in [3.05, 3.63) is 78.1 Å². The maximum atomic E-state index is 13.3. The summed E-state index contributed by atoms with van der Waals surface area (Å²) in [5.41, 5.74) is 1.48. The smallest absolute Gasteiger partial charge is 0.337 e. The molecule has 1 aromatic heterocycles. The number of fused-ring (bicyclic) bond motifs is 1. The Bertz CT molecular complexity index is 1200. The predicted molar refractivity (Wildman–Crippen MR) is 122 cm³/mol. The molecule has 0 spiro atoms. The predicted octanol–water partition coefficient (Wildman–Crippen LogP) is 0.344. The van der Waals surface area contributed by atoms with E-state index in [9.17, 15) is 19.2 Å². The summed E-state index contributed by atoms with van der Waals surface area (Å²) in [6.45, 7) is -0.158. The number of nitrogens with one attached hydrogen (secondary N) is 1. The van der Waals surface area contributed by atoms with Gasteiger partial charge >= 0.3 is 5.97 Å².